The van der Waals surface area contributed by atoms with Crippen molar-refractivity contribution in [3.63, 3.8) is 0 Å². The largest absolute Gasteiger partial charge is 0.378 e. The van der Waals surface area contributed by atoms with E-state index < -0.39 is 5.60 Å². The number of rotatable bonds is 4. The lowest BCUT2D eigenvalue weighted by Gasteiger charge is -2.52. The number of aliphatic hydroxyl groups is 1. The van der Waals surface area contributed by atoms with Crippen molar-refractivity contribution in [2.24, 2.45) is 5.92 Å². The molecule has 2 aliphatic carbocycles. The van der Waals surface area contributed by atoms with Crippen LogP contribution in [0.4, 0.5) is 0 Å². The van der Waals surface area contributed by atoms with Crippen LogP contribution in [0.1, 0.15) is 69.9 Å². The SMILES string of the molecule is CC#C[C@@]1(O)CC[C@@]2(CCCC)c3ccc(-c4ccccn4)cc3CC[C@@H]2C1. The van der Waals surface area contributed by atoms with Crippen LogP contribution in [-0.2, 0) is 11.8 Å². The third kappa shape index (κ3) is 3.38. The first-order chi connectivity index (χ1) is 13.6. The number of nitrogens with zero attached hydrogens (tertiary/aromatic N) is 1. The summed E-state index contributed by atoms with van der Waals surface area (Å²) in [6.45, 7) is 4.12. The van der Waals surface area contributed by atoms with Crippen LogP contribution in [0, 0.1) is 17.8 Å². The van der Waals surface area contributed by atoms with Crippen LogP contribution in [0.25, 0.3) is 11.3 Å². The van der Waals surface area contributed by atoms with Gasteiger partial charge in [0.1, 0.15) is 5.60 Å². The molecule has 3 atom stereocenters. The highest BCUT2D eigenvalue weighted by Crippen LogP contribution is 2.55. The predicted octanol–water partition coefficient (Wildman–Crippen LogP) is 5.68. The number of aryl methyl sites for hydroxylation is 1. The summed E-state index contributed by atoms with van der Waals surface area (Å²) in [5, 5.41) is 11.0. The molecule has 0 unspecified atom stereocenters. The van der Waals surface area contributed by atoms with Crippen molar-refractivity contribution in [3.05, 3.63) is 53.7 Å². The van der Waals surface area contributed by atoms with Crippen LogP contribution in [0.15, 0.2) is 42.6 Å². The van der Waals surface area contributed by atoms with Crippen molar-refractivity contribution in [1.82, 2.24) is 4.98 Å². The molecule has 1 heterocycles. The molecule has 2 aliphatic rings. The van der Waals surface area contributed by atoms with Crippen LogP contribution in [0.5, 0.6) is 0 Å². The molecule has 2 nitrogen and oxygen atoms in total. The third-order valence-corrected chi connectivity index (χ3v) is 7.05. The number of fused-ring (bicyclic) bond motifs is 3. The van der Waals surface area contributed by atoms with E-state index in [1.165, 1.54) is 36.0 Å². The molecule has 1 aromatic heterocycles. The van der Waals surface area contributed by atoms with Crippen molar-refractivity contribution >= 4 is 0 Å². The zero-order chi connectivity index (χ0) is 19.6. The second-order valence-corrected chi connectivity index (χ2v) is 8.69. The molecule has 2 heteroatoms. The van der Waals surface area contributed by atoms with E-state index in [0.29, 0.717) is 5.92 Å². The number of unbranched alkanes of at least 4 members (excludes halogenated alkanes) is 1. The summed E-state index contributed by atoms with van der Waals surface area (Å²) in [4.78, 5) is 4.54. The van der Waals surface area contributed by atoms with E-state index in [1.807, 2.05) is 19.2 Å². The zero-order valence-corrected chi connectivity index (χ0v) is 17.2. The van der Waals surface area contributed by atoms with Gasteiger partial charge >= 0.3 is 0 Å². The van der Waals surface area contributed by atoms with Gasteiger partial charge in [0.05, 0.1) is 5.69 Å². The third-order valence-electron chi connectivity index (χ3n) is 7.05. The van der Waals surface area contributed by atoms with Crippen molar-refractivity contribution in [2.45, 2.75) is 76.2 Å². The highest BCUT2D eigenvalue weighted by atomic mass is 16.3. The lowest BCUT2D eigenvalue weighted by Crippen LogP contribution is -2.49. The van der Waals surface area contributed by atoms with Gasteiger partial charge in [0.2, 0.25) is 0 Å². The second kappa shape index (κ2) is 7.72. The van der Waals surface area contributed by atoms with Gasteiger partial charge in [-0.1, -0.05) is 43.9 Å². The standard InChI is InChI=1S/C26H31NO/c1-3-5-14-26-16-15-25(28,13-4-2)19-22(26)11-9-20-18-21(10-12-23(20)26)24-8-6-7-17-27-24/h6-8,10,12,17-18,22,28H,3,5,9,11,14-16,19H2,1-2H3/t22-,25-,26-/m1/s1. The Hall–Kier alpha value is -2.11. The molecular weight excluding hydrogens is 342 g/mol. The quantitative estimate of drug-likeness (QED) is 0.700. The Bertz CT molecular complexity index is 894. The fourth-order valence-corrected chi connectivity index (χ4v) is 5.68. The smallest absolute Gasteiger partial charge is 0.125 e. The molecule has 146 valence electrons. The Labute approximate surface area is 169 Å². The average Bonchev–Trinajstić information content (AvgIpc) is 2.73. The van der Waals surface area contributed by atoms with Crippen LogP contribution in [0.2, 0.25) is 0 Å². The van der Waals surface area contributed by atoms with Crippen LogP contribution >= 0.6 is 0 Å². The minimum Gasteiger partial charge on any atom is -0.378 e. The monoisotopic (exact) mass is 373 g/mol. The summed E-state index contributed by atoms with van der Waals surface area (Å²) in [5.74, 6) is 6.61. The minimum atomic E-state index is -0.791. The van der Waals surface area contributed by atoms with E-state index in [4.69, 9.17) is 0 Å². The maximum Gasteiger partial charge on any atom is 0.125 e. The molecule has 0 amide bonds. The highest BCUT2D eigenvalue weighted by Gasteiger charge is 2.50. The summed E-state index contributed by atoms with van der Waals surface area (Å²) in [5.41, 5.74) is 4.69. The summed E-state index contributed by atoms with van der Waals surface area (Å²) in [7, 11) is 0. The summed E-state index contributed by atoms with van der Waals surface area (Å²) >= 11 is 0. The normalized spacial score (nSPS) is 28.6. The Morgan fingerprint density at radius 3 is 2.86 bits per heavy atom. The average molecular weight is 374 g/mol. The molecule has 2 aromatic rings. The van der Waals surface area contributed by atoms with E-state index in [1.54, 1.807) is 0 Å². The first kappa shape index (κ1) is 19.2. The maximum absolute atomic E-state index is 11.0. The van der Waals surface area contributed by atoms with E-state index >= 15 is 0 Å². The topological polar surface area (TPSA) is 33.1 Å². The molecule has 0 bridgehead atoms. The Morgan fingerprint density at radius 1 is 1.21 bits per heavy atom. The lowest BCUT2D eigenvalue weighted by atomic mass is 9.53. The van der Waals surface area contributed by atoms with Crippen molar-refractivity contribution in [2.75, 3.05) is 0 Å². The molecular formula is C26H31NO. The van der Waals surface area contributed by atoms with Gasteiger partial charge in [-0.3, -0.25) is 4.98 Å². The molecule has 28 heavy (non-hydrogen) atoms. The highest BCUT2D eigenvalue weighted by molar-refractivity contribution is 5.62. The Kier molecular flexibility index (Phi) is 5.30. The minimum absolute atomic E-state index is 0.202. The number of pyridine rings is 1. The van der Waals surface area contributed by atoms with E-state index in [2.05, 4.69) is 54.1 Å². The van der Waals surface area contributed by atoms with Crippen LogP contribution < -0.4 is 0 Å². The summed E-state index contributed by atoms with van der Waals surface area (Å²) in [6, 6.07) is 13.1. The molecule has 0 aliphatic heterocycles. The van der Waals surface area contributed by atoms with Gasteiger partial charge in [0.15, 0.2) is 0 Å². The predicted molar refractivity (Wildman–Crippen MR) is 115 cm³/mol. The van der Waals surface area contributed by atoms with E-state index in [9.17, 15) is 5.11 Å². The first-order valence-corrected chi connectivity index (χ1v) is 10.8. The van der Waals surface area contributed by atoms with Gasteiger partial charge in [-0.25, -0.2) is 0 Å². The molecule has 0 spiro atoms. The van der Waals surface area contributed by atoms with Gasteiger partial charge in [0.25, 0.3) is 0 Å². The van der Waals surface area contributed by atoms with Gasteiger partial charge in [-0.2, -0.15) is 0 Å². The molecule has 0 radical (unpaired) electrons. The Balaban J connectivity index is 1.73. The molecule has 0 saturated heterocycles. The van der Waals surface area contributed by atoms with Gasteiger partial charge in [-0.15, -0.1) is 5.92 Å². The number of benzene rings is 1. The van der Waals surface area contributed by atoms with Crippen LogP contribution in [0.3, 0.4) is 0 Å². The summed E-state index contributed by atoms with van der Waals surface area (Å²) < 4.78 is 0. The molecule has 1 fully saturated rings. The molecule has 4 rings (SSSR count). The number of hydrogen-bond donors (Lipinski definition) is 1. The second-order valence-electron chi connectivity index (χ2n) is 8.69. The van der Waals surface area contributed by atoms with E-state index in [-0.39, 0.29) is 5.41 Å². The van der Waals surface area contributed by atoms with E-state index in [0.717, 1.165) is 37.8 Å². The zero-order valence-electron chi connectivity index (χ0n) is 17.2. The Morgan fingerprint density at radius 2 is 2.11 bits per heavy atom. The number of aromatic nitrogens is 1. The van der Waals surface area contributed by atoms with Gasteiger partial charge < -0.3 is 5.11 Å². The maximum atomic E-state index is 11.0. The first-order valence-electron chi connectivity index (χ1n) is 10.8. The van der Waals surface area contributed by atoms with Crippen molar-refractivity contribution in [3.8, 4) is 23.1 Å². The molecule has 1 N–H and O–H groups in total. The number of hydrogen-bond acceptors (Lipinski definition) is 2. The van der Waals surface area contributed by atoms with Crippen molar-refractivity contribution < 1.29 is 5.11 Å². The van der Waals surface area contributed by atoms with Gasteiger partial charge in [-0.05, 0) is 86.1 Å². The molecule has 1 aromatic carbocycles. The van der Waals surface area contributed by atoms with Crippen LogP contribution in [-0.4, -0.2) is 15.7 Å². The lowest BCUT2D eigenvalue weighted by molar-refractivity contribution is -0.0113. The summed E-state index contributed by atoms with van der Waals surface area (Å²) in [6.07, 6.45) is 10.4. The van der Waals surface area contributed by atoms with Gasteiger partial charge in [0, 0.05) is 11.8 Å². The fourth-order valence-electron chi connectivity index (χ4n) is 5.68. The molecule has 1 saturated carbocycles. The fraction of sp³-hybridized carbons (Fsp3) is 0.500. The van der Waals surface area contributed by atoms with Crippen molar-refractivity contribution in [1.29, 1.82) is 0 Å².